The highest BCUT2D eigenvalue weighted by atomic mass is 19.3. The molecule has 0 aliphatic carbocycles. The fraction of sp³-hybridized carbons (Fsp3) is 0.917. The lowest BCUT2D eigenvalue weighted by Crippen LogP contribution is -2.48. The third kappa shape index (κ3) is 3.01. The molecule has 1 atom stereocenters. The summed E-state index contributed by atoms with van der Waals surface area (Å²) >= 11 is 0. The van der Waals surface area contributed by atoms with E-state index in [1.807, 2.05) is 0 Å². The highest BCUT2D eigenvalue weighted by Gasteiger charge is 2.52. The molecule has 2 aliphatic heterocycles. The van der Waals surface area contributed by atoms with Crippen LogP contribution in [0.15, 0.2) is 0 Å². The summed E-state index contributed by atoms with van der Waals surface area (Å²) in [5, 5.41) is 0. The predicted octanol–water partition coefficient (Wildman–Crippen LogP) is 1.97. The zero-order chi connectivity index (χ0) is 14.0. The Kier molecular flexibility index (Phi) is 4.32. The Bertz CT molecular complexity index is 332. The number of likely N-dealkylation sites (tertiary alicyclic amines) is 2. The Morgan fingerprint density at radius 2 is 1.74 bits per heavy atom. The second kappa shape index (κ2) is 5.64. The summed E-state index contributed by atoms with van der Waals surface area (Å²) in [5.41, 5.74) is 0. The predicted molar refractivity (Wildman–Crippen MR) is 61.4 cm³/mol. The molecule has 0 N–H and O–H groups in total. The molecule has 0 spiro atoms. The summed E-state index contributed by atoms with van der Waals surface area (Å²) < 4.78 is 50.3. The number of halogens is 4. The van der Waals surface area contributed by atoms with Crippen LogP contribution in [0.25, 0.3) is 0 Å². The maximum atomic E-state index is 13.0. The van der Waals surface area contributed by atoms with Crippen LogP contribution in [0.4, 0.5) is 17.6 Å². The molecule has 2 fully saturated rings. The molecule has 19 heavy (non-hydrogen) atoms. The van der Waals surface area contributed by atoms with Crippen LogP contribution in [0, 0.1) is 0 Å². The summed E-state index contributed by atoms with van der Waals surface area (Å²) in [7, 11) is 0. The van der Waals surface area contributed by atoms with E-state index in [9.17, 15) is 22.4 Å². The lowest BCUT2D eigenvalue weighted by Gasteiger charge is -2.32. The zero-order valence-corrected chi connectivity index (χ0v) is 10.6. The molecule has 2 heterocycles. The van der Waals surface area contributed by atoms with Gasteiger partial charge in [0.15, 0.2) is 0 Å². The molecule has 2 rings (SSSR count). The number of carbonyl (C=O) groups excluding carboxylic acids is 1. The quantitative estimate of drug-likeness (QED) is 0.739. The Morgan fingerprint density at radius 1 is 1.11 bits per heavy atom. The highest BCUT2D eigenvalue weighted by Crippen LogP contribution is 2.28. The first kappa shape index (κ1) is 14.6. The minimum absolute atomic E-state index is 0.0396. The smallest absolute Gasteiger partial charge is 0.336 e. The van der Waals surface area contributed by atoms with Crippen molar-refractivity contribution in [2.24, 2.45) is 0 Å². The van der Waals surface area contributed by atoms with E-state index in [1.54, 1.807) is 0 Å². The molecular weight excluding hydrogens is 264 g/mol. The standard InChI is InChI=1S/C12H18F4N2O/c13-10(14)12(15,16)11(19)18-7-4-9(8-18)17-5-2-1-3-6-17/h9-10H,1-8H2. The van der Waals surface area contributed by atoms with Crippen molar-refractivity contribution in [1.29, 1.82) is 0 Å². The molecule has 0 bridgehead atoms. The number of hydrogen-bond acceptors (Lipinski definition) is 2. The first-order chi connectivity index (χ1) is 8.93. The van der Waals surface area contributed by atoms with Crippen molar-refractivity contribution in [2.45, 2.75) is 44.1 Å². The first-order valence-electron chi connectivity index (χ1n) is 6.62. The maximum absolute atomic E-state index is 13.0. The molecule has 3 nitrogen and oxygen atoms in total. The lowest BCUT2D eigenvalue weighted by molar-refractivity contribution is -0.179. The van der Waals surface area contributed by atoms with Crippen molar-refractivity contribution < 1.29 is 22.4 Å². The van der Waals surface area contributed by atoms with E-state index in [4.69, 9.17) is 0 Å². The molecule has 0 aromatic carbocycles. The monoisotopic (exact) mass is 282 g/mol. The van der Waals surface area contributed by atoms with Gasteiger partial charge in [0.05, 0.1) is 0 Å². The molecule has 2 saturated heterocycles. The van der Waals surface area contributed by atoms with Crippen LogP contribution < -0.4 is 0 Å². The fourth-order valence-electron chi connectivity index (χ4n) is 2.81. The van der Waals surface area contributed by atoms with Crippen molar-refractivity contribution in [3.8, 4) is 0 Å². The number of rotatable bonds is 3. The van der Waals surface area contributed by atoms with Crippen LogP contribution >= 0.6 is 0 Å². The van der Waals surface area contributed by atoms with Crippen LogP contribution in [-0.2, 0) is 4.79 Å². The van der Waals surface area contributed by atoms with E-state index in [-0.39, 0.29) is 19.1 Å². The minimum atomic E-state index is -4.56. The number of hydrogen-bond donors (Lipinski definition) is 0. The van der Waals surface area contributed by atoms with Crippen molar-refractivity contribution in [3.05, 3.63) is 0 Å². The van der Waals surface area contributed by atoms with Gasteiger partial charge in [-0.2, -0.15) is 8.78 Å². The summed E-state index contributed by atoms with van der Waals surface area (Å²) in [5.74, 6) is -6.29. The van der Waals surface area contributed by atoms with Gasteiger partial charge in [-0.15, -0.1) is 0 Å². The SMILES string of the molecule is O=C(N1CCC(N2CCCCC2)C1)C(F)(F)C(F)F. The Morgan fingerprint density at radius 3 is 2.32 bits per heavy atom. The lowest BCUT2D eigenvalue weighted by atomic mass is 10.1. The van der Waals surface area contributed by atoms with Crippen LogP contribution in [0.2, 0.25) is 0 Å². The van der Waals surface area contributed by atoms with Gasteiger partial charge in [-0.1, -0.05) is 6.42 Å². The van der Waals surface area contributed by atoms with E-state index in [0.717, 1.165) is 37.3 Å². The minimum Gasteiger partial charge on any atom is -0.336 e. The second-order valence-electron chi connectivity index (χ2n) is 5.21. The van der Waals surface area contributed by atoms with Crippen LogP contribution in [0.5, 0.6) is 0 Å². The summed E-state index contributed by atoms with van der Waals surface area (Å²) in [6, 6.07) is 0.0396. The Labute approximate surface area is 109 Å². The summed E-state index contributed by atoms with van der Waals surface area (Å²) in [6.45, 7) is 2.08. The van der Waals surface area contributed by atoms with Gasteiger partial charge in [-0.25, -0.2) is 8.78 Å². The number of amides is 1. The van der Waals surface area contributed by atoms with Gasteiger partial charge in [-0.3, -0.25) is 9.69 Å². The van der Waals surface area contributed by atoms with E-state index in [2.05, 4.69) is 4.90 Å². The Balaban J connectivity index is 1.92. The highest BCUT2D eigenvalue weighted by molar-refractivity contribution is 5.84. The van der Waals surface area contributed by atoms with Gasteiger partial charge in [0, 0.05) is 19.1 Å². The molecule has 0 aromatic heterocycles. The average Bonchev–Trinajstić information content (AvgIpc) is 2.88. The second-order valence-corrected chi connectivity index (χ2v) is 5.21. The first-order valence-corrected chi connectivity index (χ1v) is 6.62. The van der Waals surface area contributed by atoms with E-state index in [1.165, 1.54) is 0 Å². The molecule has 2 aliphatic rings. The van der Waals surface area contributed by atoms with E-state index < -0.39 is 18.3 Å². The molecular formula is C12H18F4N2O. The van der Waals surface area contributed by atoms with Crippen LogP contribution in [0.1, 0.15) is 25.7 Å². The third-order valence-electron chi connectivity index (χ3n) is 3.92. The number of piperidine rings is 1. The zero-order valence-electron chi connectivity index (χ0n) is 10.6. The molecule has 1 amide bonds. The maximum Gasteiger partial charge on any atom is 0.383 e. The number of alkyl halides is 4. The third-order valence-corrected chi connectivity index (χ3v) is 3.92. The van der Waals surface area contributed by atoms with Crippen LogP contribution in [-0.4, -0.2) is 60.3 Å². The van der Waals surface area contributed by atoms with Gasteiger partial charge in [-0.05, 0) is 32.4 Å². The average molecular weight is 282 g/mol. The molecule has 110 valence electrons. The van der Waals surface area contributed by atoms with E-state index in [0.29, 0.717) is 6.42 Å². The number of carbonyl (C=O) groups is 1. The molecule has 1 unspecified atom stereocenters. The van der Waals surface area contributed by atoms with Crippen LogP contribution in [0.3, 0.4) is 0 Å². The van der Waals surface area contributed by atoms with Crippen molar-refractivity contribution in [2.75, 3.05) is 26.2 Å². The molecule has 0 saturated carbocycles. The van der Waals surface area contributed by atoms with E-state index >= 15 is 0 Å². The van der Waals surface area contributed by atoms with Crippen molar-refractivity contribution in [1.82, 2.24) is 9.80 Å². The van der Waals surface area contributed by atoms with Gasteiger partial charge >= 0.3 is 12.3 Å². The van der Waals surface area contributed by atoms with Crippen molar-refractivity contribution >= 4 is 5.91 Å². The van der Waals surface area contributed by atoms with Gasteiger partial charge in [0.2, 0.25) is 0 Å². The summed E-state index contributed by atoms with van der Waals surface area (Å²) in [4.78, 5) is 14.5. The Hall–Kier alpha value is -0.850. The largest absolute Gasteiger partial charge is 0.383 e. The molecule has 0 radical (unpaired) electrons. The topological polar surface area (TPSA) is 23.6 Å². The summed E-state index contributed by atoms with van der Waals surface area (Å²) in [6.07, 6.45) is -0.0515. The van der Waals surface area contributed by atoms with Gasteiger partial charge < -0.3 is 4.90 Å². The van der Waals surface area contributed by atoms with Gasteiger partial charge in [0.25, 0.3) is 5.91 Å². The fourth-order valence-corrected chi connectivity index (χ4v) is 2.81. The van der Waals surface area contributed by atoms with Gasteiger partial charge in [0.1, 0.15) is 0 Å². The van der Waals surface area contributed by atoms with Crippen molar-refractivity contribution in [3.63, 3.8) is 0 Å². The normalized spacial score (nSPS) is 26.2. The molecule has 7 heteroatoms. The number of nitrogens with zero attached hydrogens (tertiary/aromatic N) is 2. The molecule has 0 aromatic rings.